The second-order valence-corrected chi connectivity index (χ2v) is 5.20. The SMILES string of the molecule is O=C(CCc1nc2ncccc2[nH]1)Nc1cc(Cl)ccc1O. The van der Waals surface area contributed by atoms with Crippen LogP contribution in [-0.4, -0.2) is 26.0 Å². The molecule has 0 aliphatic carbocycles. The number of hydrogen-bond acceptors (Lipinski definition) is 4. The van der Waals surface area contributed by atoms with Gasteiger partial charge >= 0.3 is 0 Å². The van der Waals surface area contributed by atoms with Crippen molar-refractivity contribution in [1.82, 2.24) is 15.0 Å². The van der Waals surface area contributed by atoms with E-state index in [2.05, 4.69) is 20.3 Å². The Hall–Kier alpha value is -2.60. The number of phenols is 1. The molecule has 0 unspecified atom stereocenters. The highest BCUT2D eigenvalue weighted by molar-refractivity contribution is 6.31. The van der Waals surface area contributed by atoms with Gasteiger partial charge in [0.2, 0.25) is 5.91 Å². The first-order chi connectivity index (χ1) is 10.6. The topological polar surface area (TPSA) is 90.9 Å². The Bertz CT molecular complexity index is 798. The van der Waals surface area contributed by atoms with Crippen molar-refractivity contribution in [2.24, 2.45) is 0 Å². The predicted octanol–water partition coefficient (Wildman–Crippen LogP) is 2.89. The van der Waals surface area contributed by atoms with Crippen LogP contribution in [0.2, 0.25) is 5.02 Å². The molecular weight excluding hydrogens is 304 g/mol. The van der Waals surface area contributed by atoms with Crippen molar-refractivity contribution in [3.8, 4) is 5.75 Å². The molecule has 0 spiro atoms. The number of rotatable bonds is 4. The number of pyridine rings is 1. The van der Waals surface area contributed by atoms with Gasteiger partial charge in [-0.05, 0) is 30.3 Å². The molecule has 1 aromatic carbocycles. The number of phenolic OH excluding ortho intramolecular Hbond substituents is 1. The van der Waals surface area contributed by atoms with Crippen molar-refractivity contribution in [1.29, 1.82) is 0 Å². The van der Waals surface area contributed by atoms with Gasteiger partial charge in [0.1, 0.15) is 11.6 Å². The van der Waals surface area contributed by atoms with Gasteiger partial charge in [-0.15, -0.1) is 0 Å². The van der Waals surface area contributed by atoms with E-state index in [1.165, 1.54) is 12.1 Å². The third kappa shape index (κ3) is 3.17. The molecule has 2 aromatic heterocycles. The largest absolute Gasteiger partial charge is 0.506 e. The lowest BCUT2D eigenvalue weighted by molar-refractivity contribution is -0.116. The zero-order valence-corrected chi connectivity index (χ0v) is 12.3. The fraction of sp³-hybridized carbons (Fsp3) is 0.133. The average Bonchev–Trinajstić information content (AvgIpc) is 2.92. The lowest BCUT2D eigenvalue weighted by atomic mass is 10.2. The molecule has 0 saturated heterocycles. The molecule has 0 saturated carbocycles. The maximum Gasteiger partial charge on any atom is 0.224 e. The number of aromatic nitrogens is 3. The summed E-state index contributed by atoms with van der Waals surface area (Å²) in [5, 5.41) is 12.7. The van der Waals surface area contributed by atoms with Crippen LogP contribution < -0.4 is 5.32 Å². The minimum absolute atomic E-state index is 0.0225. The van der Waals surface area contributed by atoms with Gasteiger partial charge in [-0.2, -0.15) is 0 Å². The number of amides is 1. The molecule has 3 N–H and O–H groups in total. The van der Waals surface area contributed by atoms with Gasteiger partial charge in [0.15, 0.2) is 5.65 Å². The van der Waals surface area contributed by atoms with Crippen LogP contribution in [-0.2, 0) is 11.2 Å². The molecule has 7 heteroatoms. The maximum atomic E-state index is 11.9. The lowest BCUT2D eigenvalue weighted by Crippen LogP contribution is -2.12. The zero-order valence-electron chi connectivity index (χ0n) is 11.5. The van der Waals surface area contributed by atoms with Crippen molar-refractivity contribution in [2.75, 3.05) is 5.32 Å². The first-order valence-corrected chi connectivity index (χ1v) is 7.07. The van der Waals surface area contributed by atoms with E-state index in [0.29, 0.717) is 28.6 Å². The van der Waals surface area contributed by atoms with Gasteiger partial charge in [-0.3, -0.25) is 4.79 Å². The van der Waals surface area contributed by atoms with Crippen LogP contribution in [0.15, 0.2) is 36.5 Å². The smallest absolute Gasteiger partial charge is 0.224 e. The molecular formula is C15H13ClN4O2. The van der Waals surface area contributed by atoms with Gasteiger partial charge in [-0.1, -0.05) is 11.6 Å². The molecule has 3 aromatic rings. The van der Waals surface area contributed by atoms with E-state index in [4.69, 9.17) is 11.6 Å². The molecule has 1 amide bonds. The maximum absolute atomic E-state index is 11.9. The summed E-state index contributed by atoms with van der Waals surface area (Å²) in [6, 6.07) is 8.18. The number of fused-ring (bicyclic) bond motifs is 1. The van der Waals surface area contributed by atoms with Crippen LogP contribution in [0, 0.1) is 0 Å². The van der Waals surface area contributed by atoms with Gasteiger partial charge in [-0.25, -0.2) is 9.97 Å². The minimum atomic E-state index is -0.231. The molecule has 6 nitrogen and oxygen atoms in total. The lowest BCUT2D eigenvalue weighted by Gasteiger charge is -2.07. The monoisotopic (exact) mass is 316 g/mol. The number of carbonyl (C=O) groups excluding carboxylic acids is 1. The number of aryl methyl sites for hydroxylation is 1. The van der Waals surface area contributed by atoms with Gasteiger partial charge < -0.3 is 15.4 Å². The molecule has 112 valence electrons. The fourth-order valence-corrected chi connectivity index (χ4v) is 2.24. The van der Waals surface area contributed by atoms with E-state index >= 15 is 0 Å². The highest BCUT2D eigenvalue weighted by Gasteiger charge is 2.09. The minimum Gasteiger partial charge on any atom is -0.506 e. The zero-order chi connectivity index (χ0) is 15.5. The summed E-state index contributed by atoms with van der Waals surface area (Å²) in [5.74, 6) is 0.441. The number of imidazole rings is 1. The number of aromatic hydroxyl groups is 1. The Balaban J connectivity index is 1.63. The van der Waals surface area contributed by atoms with Crippen molar-refractivity contribution >= 4 is 34.4 Å². The first kappa shape index (κ1) is 14.3. The van der Waals surface area contributed by atoms with E-state index in [0.717, 1.165) is 5.52 Å². The van der Waals surface area contributed by atoms with Gasteiger partial charge in [0.05, 0.1) is 11.2 Å². The summed E-state index contributed by atoms with van der Waals surface area (Å²) in [4.78, 5) is 23.5. The van der Waals surface area contributed by atoms with Gasteiger partial charge in [0.25, 0.3) is 0 Å². The van der Waals surface area contributed by atoms with Crippen LogP contribution in [0.4, 0.5) is 5.69 Å². The second-order valence-electron chi connectivity index (χ2n) is 4.77. The number of carbonyl (C=O) groups is 1. The van der Waals surface area contributed by atoms with Crippen molar-refractivity contribution < 1.29 is 9.90 Å². The van der Waals surface area contributed by atoms with Crippen molar-refractivity contribution in [3.63, 3.8) is 0 Å². The van der Waals surface area contributed by atoms with E-state index < -0.39 is 0 Å². The molecule has 2 heterocycles. The second kappa shape index (κ2) is 6.03. The van der Waals surface area contributed by atoms with E-state index in [-0.39, 0.29) is 18.1 Å². The van der Waals surface area contributed by atoms with Gasteiger partial charge in [0, 0.05) is 24.1 Å². The molecule has 3 rings (SSSR count). The molecule has 0 aliphatic heterocycles. The van der Waals surface area contributed by atoms with Crippen molar-refractivity contribution in [2.45, 2.75) is 12.8 Å². The normalized spacial score (nSPS) is 10.8. The summed E-state index contributed by atoms with van der Waals surface area (Å²) in [5.41, 5.74) is 1.76. The van der Waals surface area contributed by atoms with E-state index in [1.807, 2.05) is 12.1 Å². The molecule has 0 aliphatic rings. The summed E-state index contributed by atoms with van der Waals surface area (Å²) in [6.07, 6.45) is 2.34. The van der Waals surface area contributed by atoms with E-state index in [9.17, 15) is 9.90 Å². The molecule has 0 radical (unpaired) electrons. The number of anilines is 1. The Morgan fingerprint density at radius 3 is 3.05 bits per heavy atom. The Morgan fingerprint density at radius 1 is 1.36 bits per heavy atom. The number of nitrogens with zero attached hydrogens (tertiary/aromatic N) is 2. The number of aromatic amines is 1. The van der Waals surface area contributed by atoms with Crippen LogP contribution in [0.1, 0.15) is 12.2 Å². The Morgan fingerprint density at radius 2 is 2.23 bits per heavy atom. The Labute approximate surface area is 131 Å². The fourth-order valence-electron chi connectivity index (χ4n) is 2.07. The molecule has 22 heavy (non-hydrogen) atoms. The van der Waals surface area contributed by atoms with Crippen molar-refractivity contribution in [3.05, 3.63) is 47.4 Å². The molecule has 0 atom stereocenters. The standard InChI is InChI=1S/C15H13ClN4O2/c16-9-3-4-12(21)11(8-9)19-14(22)6-5-13-18-10-2-1-7-17-15(10)20-13/h1-4,7-8,21H,5-6H2,(H,19,22)(H,17,18,20). The van der Waals surface area contributed by atoms with Crippen LogP contribution in [0.3, 0.4) is 0 Å². The summed E-state index contributed by atoms with van der Waals surface area (Å²) in [6.45, 7) is 0. The summed E-state index contributed by atoms with van der Waals surface area (Å²) in [7, 11) is 0. The molecule has 0 fully saturated rings. The number of nitrogens with one attached hydrogen (secondary N) is 2. The summed E-state index contributed by atoms with van der Waals surface area (Å²) >= 11 is 5.83. The average molecular weight is 317 g/mol. The highest BCUT2D eigenvalue weighted by atomic mass is 35.5. The van der Waals surface area contributed by atoms with Crippen LogP contribution in [0.25, 0.3) is 11.2 Å². The highest BCUT2D eigenvalue weighted by Crippen LogP contribution is 2.26. The predicted molar refractivity (Wildman–Crippen MR) is 84.0 cm³/mol. The molecule has 0 bridgehead atoms. The number of H-pyrrole nitrogens is 1. The first-order valence-electron chi connectivity index (χ1n) is 6.70. The van der Waals surface area contributed by atoms with Crippen LogP contribution in [0.5, 0.6) is 5.75 Å². The quantitative estimate of drug-likeness (QED) is 0.645. The number of halogens is 1. The Kier molecular flexibility index (Phi) is 3.93. The third-order valence-electron chi connectivity index (χ3n) is 3.13. The third-order valence-corrected chi connectivity index (χ3v) is 3.36. The number of benzene rings is 1. The van der Waals surface area contributed by atoms with E-state index in [1.54, 1.807) is 12.3 Å². The number of hydrogen-bond donors (Lipinski definition) is 3. The summed E-state index contributed by atoms with van der Waals surface area (Å²) < 4.78 is 0. The van der Waals surface area contributed by atoms with Crippen LogP contribution >= 0.6 is 11.6 Å².